The number of hydrogen-bond donors (Lipinski definition) is 3. The molecule has 1 unspecified atom stereocenters. The molecule has 0 amide bonds. The summed E-state index contributed by atoms with van der Waals surface area (Å²) in [5, 5.41) is 13.9. The molecule has 3 N–H and O–H groups in total. The number of rotatable bonds is 18. The fourth-order valence-electron chi connectivity index (χ4n) is 3.01. The van der Waals surface area contributed by atoms with Crippen molar-refractivity contribution >= 4 is 22.1 Å². The Morgan fingerprint density at radius 2 is 1.12 bits per heavy atom. The standard InChI is InChI=1S/C19H39.C4H6O7S.Na/c1-18(2)16-14-12-10-8-6-5-7-9-11-13-15-17-19(3)4;5-3(6)1-2(4(7)8)12(9,10)11;/h5,18-19H,6-17H2,1-4H3;2H,1H2,(H,5,6)(H,7,8)(H,9,10,11);/q-1;;+1. The topological polar surface area (TPSA) is 129 Å². The molecule has 32 heavy (non-hydrogen) atoms. The number of carboxylic acids is 2. The van der Waals surface area contributed by atoms with Gasteiger partial charge in [-0.1, -0.05) is 91.9 Å². The van der Waals surface area contributed by atoms with Gasteiger partial charge in [-0.2, -0.15) is 21.3 Å². The van der Waals surface area contributed by atoms with Crippen LogP contribution in [0.3, 0.4) is 0 Å². The smallest absolute Gasteiger partial charge is 0.481 e. The first-order valence-electron chi connectivity index (χ1n) is 11.6. The van der Waals surface area contributed by atoms with Crippen molar-refractivity contribution < 1.29 is 62.3 Å². The molecule has 1 atom stereocenters. The fourth-order valence-corrected chi connectivity index (χ4v) is 3.62. The maximum absolute atomic E-state index is 10.2. The molecular weight excluding hydrogens is 443 g/mol. The monoisotopic (exact) mass is 488 g/mol. The molecule has 0 aliphatic heterocycles. The summed E-state index contributed by atoms with van der Waals surface area (Å²) in [4.78, 5) is 20.0. The summed E-state index contributed by atoms with van der Waals surface area (Å²) < 4.78 is 28.7. The van der Waals surface area contributed by atoms with E-state index in [0.29, 0.717) is 0 Å². The van der Waals surface area contributed by atoms with E-state index in [1.165, 1.54) is 77.0 Å². The van der Waals surface area contributed by atoms with Crippen molar-refractivity contribution in [3.63, 3.8) is 0 Å². The Labute approximate surface area is 218 Å². The van der Waals surface area contributed by atoms with Gasteiger partial charge < -0.3 is 16.6 Å². The van der Waals surface area contributed by atoms with Crippen LogP contribution in [0.15, 0.2) is 0 Å². The average Bonchev–Trinajstić information content (AvgIpc) is 2.62. The van der Waals surface area contributed by atoms with E-state index in [0.717, 1.165) is 11.8 Å². The molecule has 186 valence electrons. The summed E-state index contributed by atoms with van der Waals surface area (Å²) >= 11 is 0. The molecule has 9 heteroatoms. The van der Waals surface area contributed by atoms with Gasteiger partial charge in [-0.05, 0) is 11.8 Å². The zero-order valence-electron chi connectivity index (χ0n) is 20.9. The van der Waals surface area contributed by atoms with Crippen molar-refractivity contribution in [2.24, 2.45) is 11.8 Å². The predicted molar refractivity (Wildman–Crippen MR) is 125 cm³/mol. The van der Waals surface area contributed by atoms with Gasteiger partial charge in [-0.3, -0.25) is 14.1 Å². The predicted octanol–water partition coefficient (Wildman–Crippen LogP) is 2.99. The van der Waals surface area contributed by atoms with E-state index in [4.69, 9.17) is 14.8 Å². The Hall–Kier alpha value is -0.150. The van der Waals surface area contributed by atoms with Crippen molar-refractivity contribution in [2.45, 2.75) is 116 Å². The summed E-state index contributed by atoms with van der Waals surface area (Å²) in [7, 11) is -4.84. The molecule has 0 aromatic carbocycles. The maximum atomic E-state index is 10.2. The van der Waals surface area contributed by atoms with Gasteiger partial charge in [0.25, 0.3) is 10.1 Å². The summed E-state index contributed by atoms with van der Waals surface area (Å²) in [5.74, 6) is -1.72. The fraction of sp³-hybridized carbons (Fsp3) is 0.870. The van der Waals surface area contributed by atoms with Crippen LogP contribution < -0.4 is 29.6 Å². The van der Waals surface area contributed by atoms with Crippen LogP contribution in [0.1, 0.15) is 111 Å². The molecule has 0 fully saturated rings. The van der Waals surface area contributed by atoms with Gasteiger partial charge in [0.05, 0.1) is 6.42 Å². The maximum Gasteiger partial charge on any atom is 1.00 e. The van der Waals surface area contributed by atoms with Crippen molar-refractivity contribution in [2.75, 3.05) is 0 Å². The molecule has 7 nitrogen and oxygen atoms in total. The molecule has 0 aliphatic rings. The second kappa shape index (κ2) is 22.6. The van der Waals surface area contributed by atoms with E-state index in [1.54, 1.807) is 0 Å². The van der Waals surface area contributed by atoms with Crippen LogP contribution in [0.2, 0.25) is 0 Å². The first kappa shape index (κ1) is 36.4. The van der Waals surface area contributed by atoms with Gasteiger partial charge >= 0.3 is 41.5 Å². The molecule has 0 aliphatic carbocycles. The van der Waals surface area contributed by atoms with Crippen LogP contribution >= 0.6 is 0 Å². The zero-order valence-corrected chi connectivity index (χ0v) is 23.7. The minimum atomic E-state index is -4.84. The van der Waals surface area contributed by atoms with Gasteiger partial charge in [-0.25, -0.2) is 0 Å². The van der Waals surface area contributed by atoms with Crippen LogP contribution in [-0.2, 0) is 19.7 Å². The van der Waals surface area contributed by atoms with E-state index >= 15 is 0 Å². The Morgan fingerprint density at radius 3 is 1.38 bits per heavy atom. The van der Waals surface area contributed by atoms with Crippen LogP contribution in [-0.4, -0.2) is 40.4 Å². The van der Waals surface area contributed by atoms with Crippen molar-refractivity contribution in [1.82, 2.24) is 0 Å². The molecule has 0 radical (unpaired) electrons. The molecule has 0 saturated heterocycles. The number of carboxylic acid groups (broad SMARTS) is 2. The van der Waals surface area contributed by atoms with E-state index in [9.17, 15) is 18.0 Å². The molecule has 0 rings (SSSR count). The minimum Gasteiger partial charge on any atom is -0.481 e. The van der Waals surface area contributed by atoms with Crippen LogP contribution in [0, 0.1) is 18.3 Å². The van der Waals surface area contributed by atoms with Gasteiger partial charge in [0.2, 0.25) is 0 Å². The van der Waals surface area contributed by atoms with E-state index in [2.05, 4.69) is 34.1 Å². The first-order valence-corrected chi connectivity index (χ1v) is 13.1. The molecule has 0 saturated carbocycles. The SMILES string of the molecule is CC(C)CCCCCC[CH-]CCCCCCC(C)C.O=C(O)CC(C(=O)O)S(=O)(=O)O.[Na+]. The quantitative estimate of drug-likeness (QED) is 0.117. The number of carbonyl (C=O) groups is 2. The van der Waals surface area contributed by atoms with Crippen LogP contribution in [0.5, 0.6) is 0 Å². The molecular formula is C23H45NaO7S. The van der Waals surface area contributed by atoms with Crippen LogP contribution in [0.25, 0.3) is 0 Å². The number of hydrogen-bond acceptors (Lipinski definition) is 4. The van der Waals surface area contributed by atoms with Gasteiger partial charge in [0.15, 0.2) is 5.25 Å². The third-order valence-electron chi connectivity index (χ3n) is 4.87. The van der Waals surface area contributed by atoms with Crippen LogP contribution in [0.4, 0.5) is 0 Å². The first-order chi connectivity index (χ1) is 14.4. The van der Waals surface area contributed by atoms with Crippen molar-refractivity contribution in [1.29, 1.82) is 0 Å². The summed E-state index contributed by atoms with van der Waals surface area (Å²) in [6, 6.07) is 0. The van der Waals surface area contributed by atoms with E-state index in [-0.39, 0.29) is 29.6 Å². The minimum absolute atomic E-state index is 0. The van der Waals surface area contributed by atoms with Crippen molar-refractivity contribution in [3.05, 3.63) is 6.42 Å². The third kappa shape index (κ3) is 27.9. The van der Waals surface area contributed by atoms with Gasteiger partial charge in [-0.15, -0.1) is 0 Å². The summed E-state index contributed by atoms with van der Waals surface area (Å²) in [6.45, 7) is 9.31. The zero-order chi connectivity index (χ0) is 24.3. The average molecular weight is 489 g/mol. The summed E-state index contributed by atoms with van der Waals surface area (Å²) in [5.41, 5.74) is 0. The van der Waals surface area contributed by atoms with Gasteiger partial charge in [0.1, 0.15) is 0 Å². The third-order valence-corrected chi connectivity index (χ3v) is 5.96. The molecule has 0 spiro atoms. The second-order valence-electron chi connectivity index (χ2n) is 9.00. The number of aliphatic carboxylic acids is 2. The molecule has 0 bridgehead atoms. The Bertz CT molecular complexity index is 545. The Balaban J connectivity index is -0.000000561. The Morgan fingerprint density at radius 1 is 0.750 bits per heavy atom. The summed E-state index contributed by atoms with van der Waals surface area (Å²) in [6.07, 6.45) is 18.4. The van der Waals surface area contributed by atoms with Crippen molar-refractivity contribution in [3.8, 4) is 0 Å². The normalized spacial score (nSPS) is 12.1. The second-order valence-corrected chi connectivity index (χ2v) is 10.6. The van der Waals surface area contributed by atoms with Gasteiger partial charge in [0, 0.05) is 0 Å². The van der Waals surface area contributed by atoms with E-state index < -0.39 is 33.7 Å². The Kier molecular flexibility index (Phi) is 25.8. The number of unbranched alkanes of at least 4 members (excludes halogenated alkanes) is 10. The molecule has 0 heterocycles. The molecule has 0 aromatic rings. The largest absolute Gasteiger partial charge is 1.00 e. The molecule has 0 aromatic heterocycles. The van der Waals surface area contributed by atoms with E-state index in [1.807, 2.05) is 0 Å².